The molecule has 0 saturated heterocycles. The number of esters is 1. The Balaban J connectivity index is 2.52. The summed E-state index contributed by atoms with van der Waals surface area (Å²) in [6, 6.07) is 9.30. The quantitative estimate of drug-likeness (QED) is 0.263. The van der Waals surface area contributed by atoms with Crippen LogP contribution in [0.25, 0.3) is 0 Å². The van der Waals surface area contributed by atoms with Crippen LogP contribution in [-0.4, -0.2) is 12.6 Å². The minimum Gasteiger partial charge on any atom is -0.462 e. The van der Waals surface area contributed by atoms with Crippen molar-refractivity contribution in [2.75, 3.05) is 6.61 Å². The van der Waals surface area contributed by atoms with Gasteiger partial charge in [-0.05, 0) is 49.7 Å². The van der Waals surface area contributed by atoms with Crippen molar-refractivity contribution in [1.29, 1.82) is 0 Å². The molecule has 0 atom stereocenters. The molecule has 0 amide bonds. The maximum absolute atomic E-state index is 12.1. The Morgan fingerprint density at radius 2 is 1.28 bits per heavy atom. The number of benzene rings is 1. The number of carbonyl (C=O) groups is 1. The van der Waals surface area contributed by atoms with Crippen LogP contribution >= 0.6 is 0 Å². The van der Waals surface area contributed by atoms with E-state index in [0.29, 0.717) is 17.6 Å². The van der Waals surface area contributed by atoms with E-state index in [1.165, 1.54) is 64.2 Å². The predicted octanol–water partition coefficient (Wildman–Crippen LogP) is 7.18. The third-order valence-electron chi connectivity index (χ3n) is 5.28. The Morgan fingerprint density at radius 1 is 0.800 bits per heavy atom. The van der Waals surface area contributed by atoms with Crippen molar-refractivity contribution in [1.82, 2.24) is 0 Å². The topological polar surface area (TPSA) is 26.3 Å². The predicted molar refractivity (Wildman–Crippen MR) is 107 cm³/mol. The van der Waals surface area contributed by atoms with E-state index in [2.05, 4.69) is 20.8 Å². The van der Waals surface area contributed by atoms with Crippen molar-refractivity contribution in [3.8, 4) is 0 Å². The number of hydrogen-bond acceptors (Lipinski definition) is 2. The molecular weight excluding hydrogens is 308 g/mol. The van der Waals surface area contributed by atoms with Crippen LogP contribution in [-0.2, 0) is 4.74 Å². The summed E-state index contributed by atoms with van der Waals surface area (Å²) < 4.78 is 5.50. The number of rotatable bonds is 14. The van der Waals surface area contributed by atoms with Gasteiger partial charge in [0.1, 0.15) is 0 Å². The average molecular weight is 347 g/mol. The van der Waals surface area contributed by atoms with Gasteiger partial charge in [0, 0.05) is 0 Å². The zero-order chi connectivity index (χ0) is 18.4. The third-order valence-corrected chi connectivity index (χ3v) is 5.28. The van der Waals surface area contributed by atoms with Crippen molar-refractivity contribution in [3.05, 3.63) is 35.9 Å². The van der Waals surface area contributed by atoms with Crippen LogP contribution in [0.15, 0.2) is 30.3 Å². The van der Waals surface area contributed by atoms with Crippen LogP contribution < -0.4 is 0 Å². The Hall–Kier alpha value is -1.31. The van der Waals surface area contributed by atoms with E-state index in [-0.39, 0.29) is 5.97 Å². The lowest BCUT2D eigenvalue weighted by Gasteiger charge is -2.34. The summed E-state index contributed by atoms with van der Waals surface area (Å²) in [5.74, 6) is -0.193. The van der Waals surface area contributed by atoms with Crippen LogP contribution in [0.4, 0.5) is 0 Å². The maximum atomic E-state index is 12.1. The van der Waals surface area contributed by atoms with E-state index in [4.69, 9.17) is 4.74 Å². The molecule has 2 heteroatoms. The van der Waals surface area contributed by atoms with Gasteiger partial charge in [-0.1, -0.05) is 77.5 Å². The fourth-order valence-electron chi connectivity index (χ4n) is 3.67. The van der Waals surface area contributed by atoms with Crippen LogP contribution in [0.2, 0.25) is 0 Å². The summed E-state index contributed by atoms with van der Waals surface area (Å²) in [5, 5.41) is 0. The van der Waals surface area contributed by atoms with Crippen LogP contribution in [0.3, 0.4) is 0 Å². The van der Waals surface area contributed by atoms with Crippen molar-refractivity contribution < 1.29 is 9.53 Å². The van der Waals surface area contributed by atoms with Gasteiger partial charge >= 0.3 is 5.97 Å². The van der Waals surface area contributed by atoms with E-state index in [9.17, 15) is 4.79 Å². The fraction of sp³-hybridized carbons (Fsp3) is 0.696. The highest BCUT2D eigenvalue weighted by molar-refractivity contribution is 5.89. The first-order valence-electron chi connectivity index (χ1n) is 10.4. The number of hydrogen-bond donors (Lipinski definition) is 0. The van der Waals surface area contributed by atoms with Crippen LogP contribution in [0.1, 0.15) is 102 Å². The molecule has 0 aromatic heterocycles. The number of ether oxygens (including phenoxy) is 1. The molecule has 0 aliphatic carbocycles. The maximum Gasteiger partial charge on any atom is 0.338 e. The van der Waals surface area contributed by atoms with Crippen LogP contribution in [0, 0.1) is 5.41 Å². The first-order valence-corrected chi connectivity index (χ1v) is 10.4. The highest BCUT2D eigenvalue weighted by atomic mass is 16.5. The molecule has 0 N–H and O–H groups in total. The average Bonchev–Trinajstić information content (AvgIpc) is 2.66. The summed E-state index contributed by atoms with van der Waals surface area (Å²) in [4.78, 5) is 12.1. The SMILES string of the molecule is CCCCC(CCCC)(CCCC)CCCOC(=O)c1ccccc1. The highest BCUT2D eigenvalue weighted by Crippen LogP contribution is 2.40. The minimum absolute atomic E-state index is 0.193. The Bertz CT molecular complexity index is 431. The van der Waals surface area contributed by atoms with Gasteiger partial charge in [0.05, 0.1) is 12.2 Å². The molecule has 0 unspecified atom stereocenters. The lowest BCUT2D eigenvalue weighted by Crippen LogP contribution is -2.22. The molecule has 0 aliphatic heterocycles. The monoisotopic (exact) mass is 346 g/mol. The second kappa shape index (κ2) is 13.0. The summed E-state index contributed by atoms with van der Waals surface area (Å²) in [5.41, 5.74) is 1.11. The molecule has 0 aliphatic rings. The molecule has 25 heavy (non-hydrogen) atoms. The van der Waals surface area contributed by atoms with Gasteiger partial charge in [-0.25, -0.2) is 4.79 Å². The highest BCUT2D eigenvalue weighted by Gasteiger charge is 2.27. The molecule has 0 radical (unpaired) electrons. The molecule has 0 heterocycles. The van der Waals surface area contributed by atoms with Crippen molar-refractivity contribution in [3.63, 3.8) is 0 Å². The second-order valence-corrected chi connectivity index (χ2v) is 7.42. The molecular formula is C23H38O2. The van der Waals surface area contributed by atoms with Gasteiger partial charge < -0.3 is 4.74 Å². The number of carbonyl (C=O) groups excluding carboxylic acids is 1. The molecule has 0 fully saturated rings. The zero-order valence-corrected chi connectivity index (χ0v) is 16.7. The van der Waals surface area contributed by atoms with Gasteiger partial charge in [0.2, 0.25) is 0 Å². The smallest absolute Gasteiger partial charge is 0.338 e. The lowest BCUT2D eigenvalue weighted by molar-refractivity contribution is 0.0472. The second-order valence-electron chi connectivity index (χ2n) is 7.42. The van der Waals surface area contributed by atoms with E-state index in [0.717, 1.165) is 6.42 Å². The largest absolute Gasteiger partial charge is 0.462 e. The van der Waals surface area contributed by atoms with E-state index in [1.807, 2.05) is 30.3 Å². The zero-order valence-electron chi connectivity index (χ0n) is 16.7. The molecule has 0 saturated carbocycles. The van der Waals surface area contributed by atoms with Crippen molar-refractivity contribution in [2.45, 2.75) is 91.4 Å². The lowest BCUT2D eigenvalue weighted by atomic mass is 9.71. The summed E-state index contributed by atoms with van der Waals surface area (Å²) in [7, 11) is 0. The fourth-order valence-corrected chi connectivity index (χ4v) is 3.67. The van der Waals surface area contributed by atoms with Gasteiger partial charge in [-0.15, -0.1) is 0 Å². The third kappa shape index (κ3) is 8.56. The summed E-state index contributed by atoms with van der Waals surface area (Å²) in [6.07, 6.45) is 13.9. The normalized spacial score (nSPS) is 11.5. The first kappa shape index (κ1) is 21.7. The van der Waals surface area contributed by atoms with Crippen molar-refractivity contribution >= 4 is 5.97 Å². The van der Waals surface area contributed by atoms with Crippen LogP contribution in [0.5, 0.6) is 0 Å². The van der Waals surface area contributed by atoms with Gasteiger partial charge in [0.15, 0.2) is 0 Å². The molecule has 2 nitrogen and oxygen atoms in total. The van der Waals surface area contributed by atoms with Gasteiger partial charge in [-0.3, -0.25) is 0 Å². The van der Waals surface area contributed by atoms with E-state index in [1.54, 1.807) is 0 Å². The molecule has 1 aromatic carbocycles. The molecule has 1 rings (SSSR count). The standard InChI is InChI=1S/C23H38O2/c1-4-7-16-23(17-8-5-2,18-9-6-3)19-13-20-25-22(24)21-14-11-10-12-15-21/h10-12,14-15H,4-9,13,16-20H2,1-3H3. The van der Waals surface area contributed by atoms with Crippen molar-refractivity contribution in [2.24, 2.45) is 5.41 Å². The Labute approximate surface area is 155 Å². The molecule has 142 valence electrons. The Kier molecular flexibility index (Phi) is 11.3. The summed E-state index contributed by atoms with van der Waals surface area (Å²) >= 11 is 0. The number of unbranched alkanes of at least 4 members (excludes halogenated alkanes) is 3. The molecule has 0 bridgehead atoms. The van der Waals surface area contributed by atoms with E-state index >= 15 is 0 Å². The first-order chi connectivity index (χ1) is 12.2. The molecule has 0 spiro atoms. The minimum atomic E-state index is -0.193. The van der Waals surface area contributed by atoms with Gasteiger partial charge in [-0.2, -0.15) is 0 Å². The summed E-state index contributed by atoms with van der Waals surface area (Å²) in [6.45, 7) is 7.39. The molecule has 1 aromatic rings. The van der Waals surface area contributed by atoms with Gasteiger partial charge in [0.25, 0.3) is 0 Å². The Morgan fingerprint density at radius 3 is 1.76 bits per heavy atom. The van der Waals surface area contributed by atoms with E-state index < -0.39 is 0 Å².